The maximum absolute atomic E-state index is 5.05. The van der Waals surface area contributed by atoms with E-state index >= 15 is 0 Å². The minimum Gasteiger partial charge on any atom is -0.304 e. The second kappa shape index (κ2) is 7.47. The molecule has 0 atom stereocenters. The summed E-state index contributed by atoms with van der Waals surface area (Å²) in [7, 11) is 2.11. The lowest BCUT2D eigenvalue weighted by molar-refractivity contribution is 1.08. The van der Waals surface area contributed by atoms with Crippen molar-refractivity contribution >= 4 is 35.2 Å². The van der Waals surface area contributed by atoms with Crippen LogP contribution in [0.4, 0.5) is 0 Å². The van der Waals surface area contributed by atoms with Gasteiger partial charge in [-0.05, 0) is 18.2 Å². The summed E-state index contributed by atoms with van der Waals surface area (Å²) in [5, 5.41) is 1.13. The average Bonchev–Trinajstić information content (AvgIpc) is 3.18. The first kappa shape index (κ1) is 18.5. The van der Waals surface area contributed by atoms with Gasteiger partial charge in [-0.15, -0.1) is 0 Å². The van der Waals surface area contributed by atoms with Crippen LogP contribution < -0.4 is 5.46 Å². The summed E-state index contributed by atoms with van der Waals surface area (Å²) in [4.78, 5) is 14.5. The molecule has 0 radical (unpaired) electrons. The predicted molar refractivity (Wildman–Crippen MR) is 133 cm³/mol. The number of hydrogen-bond donors (Lipinski definition) is 0. The van der Waals surface area contributed by atoms with Gasteiger partial charge >= 0.3 is 0 Å². The molecule has 4 nitrogen and oxygen atoms in total. The minimum absolute atomic E-state index is 0.711. The van der Waals surface area contributed by atoms with Crippen molar-refractivity contribution in [2.75, 3.05) is 0 Å². The van der Waals surface area contributed by atoms with E-state index in [0.717, 1.165) is 44.4 Å². The smallest absolute Gasteiger partial charge is 0.159 e. The lowest BCUT2D eigenvalue weighted by Gasteiger charge is -2.14. The second-order valence-electron chi connectivity index (χ2n) is 7.89. The first-order chi connectivity index (χ1) is 15.8. The summed E-state index contributed by atoms with van der Waals surface area (Å²) in [6, 6.07) is 31.0. The Hall–Kier alpha value is -4.25. The molecule has 0 spiro atoms. The number of pyridine rings is 1. The van der Waals surface area contributed by atoms with Crippen molar-refractivity contribution in [3.8, 4) is 28.3 Å². The molecule has 0 saturated carbocycles. The van der Waals surface area contributed by atoms with Gasteiger partial charge in [0.2, 0.25) is 0 Å². The molecule has 6 aromatic rings. The third-order valence-corrected chi connectivity index (χ3v) is 5.76. The molecule has 0 saturated heterocycles. The van der Waals surface area contributed by atoms with E-state index in [9.17, 15) is 0 Å². The van der Waals surface area contributed by atoms with Crippen LogP contribution in [0.25, 0.3) is 50.3 Å². The molecule has 150 valence electrons. The molecule has 32 heavy (non-hydrogen) atoms. The van der Waals surface area contributed by atoms with Crippen LogP contribution in [-0.2, 0) is 0 Å². The summed E-state index contributed by atoms with van der Waals surface area (Å²) >= 11 is 0. The Morgan fingerprint density at radius 3 is 2.22 bits per heavy atom. The highest BCUT2D eigenvalue weighted by molar-refractivity contribution is 6.33. The molecule has 5 heteroatoms. The number of rotatable bonds is 3. The van der Waals surface area contributed by atoms with Crippen LogP contribution in [0.15, 0.2) is 103 Å². The van der Waals surface area contributed by atoms with Crippen LogP contribution in [-0.4, -0.2) is 27.4 Å². The Labute approximate surface area is 186 Å². The van der Waals surface area contributed by atoms with Crippen LogP contribution >= 0.6 is 0 Å². The van der Waals surface area contributed by atoms with Crippen molar-refractivity contribution in [2.24, 2.45) is 0 Å². The SMILES string of the molecule is Bc1ccc2c(c1)c1ncccc1n2-c1cnc(-c2ccccc2)nc1-c1ccccc1. The van der Waals surface area contributed by atoms with Crippen molar-refractivity contribution in [1.29, 1.82) is 0 Å². The monoisotopic (exact) mass is 410 g/mol. The average molecular weight is 410 g/mol. The standard InChI is InChI=1S/C27H19BN4/c28-20-13-14-22-21(16-20)26-23(12-7-15-29-26)32(22)24-17-30-27(19-10-5-2-6-11-19)31-25(24)18-8-3-1-4-9-18/h1-17H,28H2. The quantitative estimate of drug-likeness (QED) is 0.402. The van der Waals surface area contributed by atoms with E-state index in [2.05, 4.69) is 48.8 Å². The molecule has 3 aromatic carbocycles. The number of benzene rings is 3. The third-order valence-electron chi connectivity index (χ3n) is 5.76. The topological polar surface area (TPSA) is 43.6 Å². The highest BCUT2D eigenvalue weighted by Crippen LogP contribution is 2.34. The zero-order valence-corrected chi connectivity index (χ0v) is 17.6. The Morgan fingerprint density at radius 2 is 1.44 bits per heavy atom. The maximum atomic E-state index is 5.05. The number of fused-ring (bicyclic) bond motifs is 3. The lowest BCUT2D eigenvalue weighted by atomic mass is 9.95. The van der Waals surface area contributed by atoms with Gasteiger partial charge in [0.25, 0.3) is 0 Å². The highest BCUT2D eigenvalue weighted by Gasteiger charge is 2.18. The van der Waals surface area contributed by atoms with Crippen LogP contribution in [0.5, 0.6) is 0 Å². The van der Waals surface area contributed by atoms with E-state index in [-0.39, 0.29) is 0 Å². The van der Waals surface area contributed by atoms with Crippen molar-refractivity contribution in [3.05, 3.63) is 103 Å². The molecule has 6 rings (SSSR count). The minimum atomic E-state index is 0.711. The molecular weight excluding hydrogens is 391 g/mol. The number of nitrogens with zero attached hydrogens (tertiary/aromatic N) is 4. The van der Waals surface area contributed by atoms with E-state index in [0.29, 0.717) is 5.82 Å². The molecule has 0 aliphatic carbocycles. The Balaban J connectivity index is 1.70. The van der Waals surface area contributed by atoms with Gasteiger partial charge in [0.15, 0.2) is 5.82 Å². The van der Waals surface area contributed by atoms with Crippen LogP contribution in [0.2, 0.25) is 0 Å². The molecule has 0 unspecified atom stereocenters. The lowest BCUT2D eigenvalue weighted by Crippen LogP contribution is -2.04. The van der Waals surface area contributed by atoms with Crippen LogP contribution in [0.3, 0.4) is 0 Å². The molecule has 3 heterocycles. The third kappa shape index (κ3) is 2.98. The van der Waals surface area contributed by atoms with E-state index < -0.39 is 0 Å². The Kier molecular flexibility index (Phi) is 4.32. The molecule has 0 fully saturated rings. The zero-order valence-electron chi connectivity index (χ0n) is 17.6. The first-order valence-corrected chi connectivity index (χ1v) is 10.6. The summed E-state index contributed by atoms with van der Waals surface area (Å²) in [5.41, 5.74) is 8.21. The van der Waals surface area contributed by atoms with E-state index in [1.54, 1.807) is 0 Å². The molecule has 0 bridgehead atoms. The Morgan fingerprint density at radius 1 is 0.688 bits per heavy atom. The van der Waals surface area contributed by atoms with Gasteiger partial charge in [0, 0.05) is 22.7 Å². The van der Waals surface area contributed by atoms with E-state index in [1.165, 1.54) is 5.46 Å². The molecule has 0 aliphatic rings. The largest absolute Gasteiger partial charge is 0.304 e. The van der Waals surface area contributed by atoms with Crippen molar-refractivity contribution < 1.29 is 0 Å². The van der Waals surface area contributed by atoms with Crippen molar-refractivity contribution in [1.82, 2.24) is 19.5 Å². The van der Waals surface area contributed by atoms with Crippen molar-refractivity contribution in [2.45, 2.75) is 0 Å². The van der Waals surface area contributed by atoms with Gasteiger partial charge in [-0.25, -0.2) is 9.97 Å². The number of hydrogen-bond acceptors (Lipinski definition) is 3. The van der Waals surface area contributed by atoms with Gasteiger partial charge in [-0.2, -0.15) is 0 Å². The first-order valence-electron chi connectivity index (χ1n) is 10.6. The normalized spacial score (nSPS) is 11.2. The summed E-state index contributed by atoms with van der Waals surface area (Å²) in [5.74, 6) is 0.711. The molecule has 0 amide bonds. The predicted octanol–water partition coefficient (Wildman–Crippen LogP) is 4.56. The highest BCUT2D eigenvalue weighted by atomic mass is 15.0. The van der Waals surface area contributed by atoms with Gasteiger partial charge in [0.05, 0.1) is 34.1 Å². The van der Waals surface area contributed by atoms with E-state index in [1.807, 2.05) is 67.0 Å². The fourth-order valence-electron chi connectivity index (χ4n) is 4.28. The summed E-state index contributed by atoms with van der Waals surface area (Å²) in [6.45, 7) is 0. The van der Waals surface area contributed by atoms with Crippen LogP contribution in [0, 0.1) is 0 Å². The number of aromatic nitrogens is 4. The van der Waals surface area contributed by atoms with E-state index in [4.69, 9.17) is 15.0 Å². The molecule has 3 aromatic heterocycles. The fourth-order valence-corrected chi connectivity index (χ4v) is 4.28. The summed E-state index contributed by atoms with van der Waals surface area (Å²) < 4.78 is 2.23. The molecular formula is C27H19BN4. The van der Waals surface area contributed by atoms with Gasteiger partial charge in [-0.3, -0.25) is 4.98 Å². The summed E-state index contributed by atoms with van der Waals surface area (Å²) in [6.07, 6.45) is 3.78. The van der Waals surface area contributed by atoms with Gasteiger partial charge in [0.1, 0.15) is 7.85 Å². The van der Waals surface area contributed by atoms with Crippen LogP contribution in [0.1, 0.15) is 0 Å². The maximum Gasteiger partial charge on any atom is 0.159 e. The van der Waals surface area contributed by atoms with Gasteiger partial charge < -0.3 is 4.57 Å². The van der Waals surface area contributed by atoms with Gasteiger partial charge in [-0.1, -0.05) is 78.3 Å². The second-order valence-corrected chi connectivity index (χ2v) is 7.89. The molecule has 0 aliphatic heterocycles. The molecule has 0 N–H and O–H groups in total. The zero-order chi connectivity index (χ0) is 21.5. The Bertz CT molecular complexity index is 1570. The fraction of sp³-hybridized carbons (Fsp3) is 0. The van der Waals surface area contributed by atoms with Crippen molar-refractivity contribution in [3.63, 3.8) is 0 Å².